The van der Waals surface area contributed by atoms with E-state index in [1.807, 2.05) is 13.0 Å². The molecule has 0 unspecified atom stereocenters. The van der Waals surface area contributed by atoms with E-state index in [2.05, 4.69) is 10.3 Å². The van der Waals surface area contributed by atoms with Crippen molar-refractivity contribution in [3.63, 3.8) is 0 Å². The Labute approximate surface area is 145 Å². The van der Waals surface area contributed by atoms with Crippen LogP contribution in [0, 0.1) is 12.8 Å². The van der Waals surface area contributed by atoms with Crippen molar-refractivity contribution in [3.8, 4) is 0 Å². The van der Waals surface area contributed by atoms with Gasteiger partial charge in [0.05, 0.1) is 17.8 Å². The molecule has 0 bridgehead atoms. The van der Waals surface area contributed by atoms with Gasteiger partial charge in [0.2, 0.25) is 5.91 Å². The molecular formula is C16H19N3O3S2. The third-order valence-electron chi connectivity index (χ3n) is 4.02. The predicted molar refractivity (Wildman–Crippen MR) is 93.4 cm³/mol. The smallest absolute Gasteiger partial charge is 0.252 e. The third kappa shape index (κ3) is 3.66. The van der Waals surface area contributed by atoms with Gasteiger partial charge in [-0.2, -0.15) is 4.31 Å². The number of hydrogen-bond donors (Lipinski definition) is 1. The van der Waals surface area contributed by atoms with Crippen molar-refractivity contribution in [2.24, 2.45) is 5.92 Å². The Morgan fingerprint density at radius 2 is 2.21 bits per heavy atom. The highest BCUT2D eigenvalue weighted by Crippen LogP contribution is 2.27. The molecule has 1 saturated heterocycles. The summed E-state index contributed by atoms with van der Waals surface area (Å²) in [5, 5.41) is 4.57. The number of nitrogens with zero attached hydrogens (tertiary/aromatic N) is 2. The summed E-state index contributed by atoms with van der Waals surface area (Å²) in [4.78, 5) is 16.6. The summed E-state index contributed by atoms with van der Waals surface area (Å²) in [6.45, 7) is 2.54. The van der Waals surface area contributed by atoms with Crippen LogP contribution in [0.5, 0.6) is 0 Å². The number of piperidine rings is 1. The molecule has 128 valence electrons. The topological polar surface area (TPSA) is 79.4 Å². The van der Waals surface area contributed by atoms with E-state index in [0.29, 0.717) is 29.3 Å². The van der Waals surface area contributed by atoms with Crippen molar-refractivity contribution in [1.29, 1.82) is 0 Å². The van der Waals surface area contributed by atoms with Crippen LogP contribution in [-0.2, 0) is 14.8 Å². The minimum Gasteiger partial charge on any atom is -0.324 e. The van der Waals surface area contributed by atoms with Crippen molar-refractivity contribution in [3.05, 3.63) is 41.5 Å². The molecule has 0 radical (unpaired) electrons. The molecule has 24 heavy (non-hydrogen) atoms. The van der Waals surface area contributed by atoms with E-state index in [9.17, 15) is 13.2 Å². The molecule has 2 aromatic rings. The number of aryl methyl sites for hydroxylation is 1. The fourth-order valence-electron chi connectivity index (χ4n) is 2.70. The summed E-state index contributed by atoms with van der Waals surface area (Å²) in [5.41, 5.74) is 1.50. The molecule has 0 aromatic carbocycles. The van der Waals surface area contributed by atoms with Crippen LogP contribution in [0.3, 0.4) is 0 Å². The summed E-state index contributed by atoms with van der Waals surface area (Å²) >= 11 is 1.20. The highest BCUT2D eigenvalue weighted by molar-refractivity contribution is 7.91. The zero-order valence-electron chi connectivity index (χ0n) is 13.3. The minimum atomic E-state index is -3.50. The van der Waals surface area contributed by atoms with Crippen LogP contribution < -0.4 is 5.32 Å². The lowest BCUT2D eigenvalue weighted by Gasteiger charge is -2.30. The van der Waals surface area contributed by atoms with Gasteiger partial charge in [-0.1, -0.05) is 6.07 Å². The van der Waals surface area contributed by atoms with Gasteiger partial charge in [-0.05, 0) is 43.3 Å². The van der Waals surface area contributed by atoms with E-state index in [-0.39, 0.29) is 18.4 Å². The molecular weight excluding hydrogens is 346 g/mol. The van der Waals surface area contributed by atoms with Crippen LogP contribution >= 0.6 is 11.3 Å². The Morgan fingerprint density at radius 1 is 1.38 bits per heavy atom. The predicted octanol–water partition coefficient (Wildman–Crippen LogP) is 2.49. The third-order valence-corrected chi connectivity index (χ3v) is 7.26. The second-order valence-corrected chi connectivity index (χ2v) is 8.92. The normalized spacial score (nSPS) is 19.1. The number of sulfonamides is 1. The second-order valence-electron chi connectivity index (χ2n) is 5.81. The average Bonchev–Trinajstić information content (AvgIpc) is 3.12. The molecule has 0 spiro atoms. The number of rotatable bonds is 4. The van der Waals surface area contributed by atoms with Crippen molar-refractivity contribution in [2.45, 2.75) is 24.0 Å². The highest BCUT2D eigenvalue weighted by atomic mass is 32.2. The Hall–Kier alpha value is -1.77. The van der Waals surface area contributed by atoms with Gasteiger partial charge in [-0.3, -0.25) is 9.78 Å². The average molecular weight is 365 g/mol. The SMILES string of the molecule is Cc1ccc(NC(=O)[C@H]2CCCN(S(=O)(=O)c3cccs3)C2)cn1. The first-order valence-electron chi connectivity index (χ1n) is 7.74. The molecule has 1 aliphatic rings. The Bertz CT molecular complexity index is 802. The number of aromatic nitrogens is 1. The Balaban J connectivity index is 1.69. The van der Waals surface area contributed by atoms with E-state index < -0.39 is 10.0 Å². The summed E-state index contributed by atoms with van der Waals surface area (Å²) in [6.07, 6.45) is 2.96. The van der Waals surface area contributed by atoms with E-state index >= 15 is 0 Å². The summed E-state index contributed by atoms with van der Waals surface area (Å²) in [6, 6.07) is 6.94. The van der Waals surface area contributed by atoms with Crippen LogP contribution in [-0.4, -0.2) is 36.7 Å². The van der Waals surface area contributed by atoms with Crippen molar-refractivity contribution in [2.75, 3.05) is 18.4 Å². The first kappa shape index (κ1) is 17.1. The molecule has 0 saturated carbocycles. The Morgan fingerprint density at radius 3 is 2.88 bits per heavy atom. The van der Waals surface area contributed by atoms with Crippen LogP contribution in [0.1, 0.15) is 18.5 Å². The molecule has 1 fully saturated rings. The molecule has 3 rings (SSSR count). The van der Waals surface area contributed by atoms with Crippen LogP contribution in [0.25, 0.3) is 0 Å². The highest BCUT2D eigenvalue weighted by Gasteiger charge is 2.33. The van der Waals surface area contributed by atoms with Gasteiger partial charge >= 0.3 is 0 Å². The van der Waals surface area contributed by atoms with Gasteiger partial charge in [0.15, 0.2) is 0 Å². The molecule has 1 amide bonds. The first-order valence-corrected chi connectivity index (χ1v) is 10.1. The van der Waals surface area contributed by atoms with Gasteiger partial charge in [-0.15, -0.1) is 11.3 Å². The van der Waals surface area contributed by atoms with Gasteiger partial charge in [0.1, 0.15) is 4.21 Å². The molecule has 3 heterocycles. The summed E-state index contributed by atoms with van der Waals surface area (Å²) < 4.78 is 27.0. The number of nitrogens with one attached hydrogen (secondary N) is 1. The zero-order chi connectivity index (χ0) is 17.2. The fraction of sp³-hybridized carbons (Fsp3) is 0.375. The number of hydrogen-bond acceptors (Lipinski definition) is 5. The number of pyridine rings is 1. The van der Waals surface area contributed by atoms with E-state index in [4.69, 9.17) is 0 Å². The summed E-state index contributed by atoms with van der Waals surface area (Å²) in [7, 11) is -3.50. The van der Waals surface area contributed by atoms with E-state index in [1.54, 1.807) is 29.8 Å². The van der Waals surface area contributed by atoms with Crippen LogP contribution in [0.2, 0.25) is 0 Å². The second kappa shape index (κ2) is 7.00. The standard InChI is InChI=1S/C16H19N3O3S2/c1-12-6-7-14(10-17-12)18-16(20)13-4-2-8-19(11-13)24(21,22)15-5-3-9-23-15/h3,5-7,9-10,13H,2,4,8,11H2,1H3,(H,18,20)/t13-/m0/s1. The molecule has 2 aromatic heterocycles. The monoisotopic (exact) mass is 365 g/mol. The number of amides is 1. The fourth-order valence-corrected chi connectivity index (χ4v) is 5.37. The number of carbonyl (C=O) groups excluding carboxylic acids is 1. The number of thiophene rings is 1. The Kier molecular flexibility index (Phi) is 4.98. The maximum atomic E-state index is 12.6. The molecule has 1 N–H and O–H groups in total. The lowest BCUT2D eigenvalue weighted by atomic mass is 9.99. The lowest BCUT2D eigenvalue weighted by Crippen LogP contribution is -2.43. The van der Waals surface area contributed by atoms with Crippen molar-refractivity contribution < 1.29 is 13.2 Å². The van der Waals surface area contributed by atoms with Crippen LogP contribution in [0.4, 0.5) is 5.69 Å². The minimum absolute atomic E-state index is 0.160. The maximum absolute atomic E-state index is 12.6. The first-order chi connectivity index (χ1) is 11.5. The van der Waals surface area contributed by atoms with E-state index in [0.717, 1.165) is 5.69 Å². The molecule has 6 nitrogen and oxygen atoms in total. The summed E-state index contributed by atoms with van der Waals surface area (Å²) in [5.74, 6) is -0.512. The zero-order valence-corrected chi connectivity index (χ0v) is 14.9. The number of carbonyl (C=O) groups is 1. The van der Waals surface area contributed by atoms with Gasteiger partial charge in [0, 0.05) is 18.8 Å². The quantitative estimate of drug-likeness (QED) is 0.903. The lowest BCUT2D eigenvalue weighted by molar-refractivity contribution is -0.120. The largest absolute Gasteiger partial charge is 0.324 e. The van der Waals surface area contributed by atoms with Crippen molar-refractivity contribution in [1.82, 2.24) is 9.29 Å². The number of anilines is 1. The van der Waals surface area contributed by atoms with E-state index in [1.165, 1.54) is 15.6 Å². The van der Waals surface area contributed by atoms with Gasteiger partial charge < -0.3 is 5.32 Å². The maximum Gasteiger partial charge on any atom is 0.252 e. The van der Waals surface area contributed by atoms with Crippen molar-refractivity contribution >= 4 is 33.0 Å². The van der Waals surface area contributed by atoms with Crippen LogP contribution in [0.15, 0.2) is 40.1 Å². The molecule has 8 heteroatoms. The molecule has 0 aliphatic carbocycles. The molecule has 1 atom stereocenters. The van der Waals surface area contributed by atoms with Gasteiger partial charge in [-0.25, -0.2) is 8.42 Å². The molecule has 1 aliphatic heterocycles. The van der Waals surface area contributed by atoms with Gasteiger partial charge in [0.25, 0.3) is 10.0 Å².